The van der Waals surface area contributed by atoms with Gasteiger partial charge in [-0.05, 0) is 61.6 Å². The number of nitrogens with one attached hydrogen (secondary N) is 1. The van der Waals surface area contributed by atoms with Crippen molar-refractivity contribution in [3.8, 4) is 0 Å². The molecule has 0 amide bonds. The summed E-state index contributed by atoms with van der Waals surface area (Å²) in [5.41, 5.74) is 5.53. The molecule has 3 heteroatoms. The first-order valence-electron chi connectivity index (χ1n) is 11.1. The minimum absolute atomic E-state index is 0.624. The summed E-state index contributed by atoms with van der Waals surface area (Å²) in [4.78, 5) is 4.05. The molecule has 0 saturated heterocycles. The summed E-state index contributed by atoms with van der Waals surface area (Å²) in [6.07, 6.45) is 12.6. The maximum absolute atomic E-state index is 4.26. The Hall–Kier alpha value is -1.19. The third-order valence-corrected chi connectivity index (χ3v) is 7.45. The fourth-order valence-electron chi connectivity index (χ4n) is 3.11. The van der Waals surface area contributed by atoms with E-state index in [-0.39, 0.29) is 0 Å². The minimum atomic E-state index is 0.624. The van der Waals surface area contributed by atoms with Gasteiger partial charge in [0.15, 0.2) is 0 Å². The zero-order valence-electron chi connectivity index (χ0n) is 19.7. The van der Waals surface area contributed by atoms with Crippen molar-refractivity contribution in [2.45, 2.75) is 80.6 Å². The van der Waals surface area contributed by atoms with Crippen molar-refractivity contribution >= 4 is 28.8 Å². The van der Waals surface area contributed by atoms with Gasteiger partial charge in [0.25, 0.3) is 0 Å². The number of hydrogen-bond acceptors (Lipinski definition) is 3. The van der Waals surface area contributed by atoms with Crippen LogP contribution in [0.15, 0.2) is 40.7 Å². The number of thioether (sulfide) groups is 1. The second-order valence-corrected chi connectivity index (χ2v) is 9.87. The molecule has 0 aliphatic rings. The van der Waals surface area contributed by atoms with Crippen molar-refractivity contribution in [2.24, 2.45) is 5.92 Å². The van der Waals surface area contributed by atoms with E-state index in [0.29, 0.717) is 5.92 Å². The molecule has 0 fully saturated rings. The van der Waals surface area contributed by atoms with Crippen LogP contribution in [0, 0.1) is 12.8 Å². The van der Waals surface area contributed by atoms with Crippen molar-refractivity contribution in [1.29, 1.82) is 0 Å². The van der Waals surface area contributed by atoms with Gasteiger partial charge in [-0.25, -0.2) is 0 Å². The van der Waals surface area contributed by atoms with Crippen molar-refractivity contribution in [3.05, 3.63) is 61.6 Å². The van der Waals surface area contributed by atoms with E-state index in [2.05, 4.69) is 84.0 Å². The Balaban J connectivity index is 3.05. The van der Waals surface area contributed by atoms with Crippen LogP contribution in [0.2, 0.25) is 0 Å². The molecule has 0 aliphatic heterocycles. The lowest BCUT2D eigenvalue weighted by atomic mass is 10.0. The van der Waals surface area contributed by atoms with Gasteiger partial charge in [-0.15, -0.1) is 23.1 Å². The van der Waals surface area contributed by atoms with Crippen molar-refractivity contribution < 1.29 is 0 Å². The normalized spacial score (nSPS) is 13.9. The fourth-order valence-corrected chi connectivity index (χ4v) is 5.13. The largest absolute Gasteiger partial charge is 0.379 e. The number of hydrogen-bond donors (Lipinski definition) is 1. The summed E-state index contributed by atoms with van der Waals surface area (Å²) < 4.78 is 0. The third-order valence-electron chi connectivity index (χ3n) is 5.16. The maximum atomic E-state index is 4.26. The van der Waals surface area contributed by atoms with E-state index >= 15 is 0 Å². The average molecular weight is 432 g/mol. The lowest BCUT2D eigenvalue weighted by Crippen LogP contribution is -2.14. The lowest BCUT2D eigenvalue weighted by Gasteiger charge is -2.13. The van der Waals surface area contributed by atoms with E-state index < -0.39 is 0 Å². The molecule has 1 atom stereocenters. The molecule has 1 nitrogen and oxygen atoms in total. The first kappa shape index (κ1) is 25.8. The standard InChI is InChI=1S/C26H41NS2/c1-9-13-14-20(6)17-24(26-22(8)23(11-3)25(12-4)29-26)27-18-21(7)28-16-15-19(5)10-2/h14-17,19,27H,7,9-13,18H2,1-6,8H3/b16-15-,20-14+,24-17+. The topological polar surface area (TPSA) is 12.0 Å². The summed E-state index contributed by atoms with van der Waals surface area (Å²) in [7, 11) is 0. The highest BCUT2D eigenvalue weighted by molar-refractivity contribution is 8.05. The van der Waals surface area contributed by atoms with Gasteiger partial charge in [0.1, 0.15) is 0 Å². The summed E-state index contributed by atoms with van der Waals surface area (Å²) in [5.74, 6) is 0.624. The summed E-state index contributed by atoms with van der Waals surface area (Å²) in [5, 5.41) is 5.89. The van der Waals surface area contributed by atoms with Crippen LogP contribution in [-0.4, -0.2) is 6.54 Å². The molecule has 1 heterocycles. The molecule has 0 saturated carbocycles. The van der Waals surface area contributed by atoms with E-state index in [1.165, 1.54) is 45.0 Å². The van der Waals surface area contributed by atoms with Crippen molar-refractivity contribution in [2.75, 3.05) is 6.54 Å². The molecular weight excluding hydrogens is 390 g/mol. The van der Waals surface area contributed by atoms with Crippen LogP contribution >= 0.6 is 23.1 Å². The molecule has 29 heavy (non-hydrogen) atoms. The van der Waals surface area contributed by atoms with Crippen LogP contribution < -0.4 is 5.32 Å². The zero-order chi connectivity index (χ0) is 21.8. The Morgan fingerprint density at radius 3 is 2.48 bits per heavy atom. The Labute approximate surface area is 188 Å². The van der Waals surface area contributed by atoms with E-state index in [1.54, 1.807) is 11.8 Å². The number of rotatable bonds is 13. The van der Waals surface area contributed by atoms with Gasteiger partial charge in [-0.1, -0.05) is 71.8 Å². The van der Waals surface area contributed by atoms with E-state index in [1.807, 2.05) is 11.3 Å². The number of aryl methyl sites for hydroxylation is 1. The van der Waals surface area contributed by atoms with Gasteiger partial charge in [-0.3, -0.25) is 0 Å². The molecule has 162 valence electrons. The molecule has 1 aromatic rings. The summed E-state index contributed by atoms with van der Waals surface area (Å²) >= 11 is 3.69. The van der Waals surface area contributed by atoms with E-state index in [9.17, 15) is 0 Å². The van der Waals surface area contributed by atoms with E-state index in [0.717, 1.165) is 30.7 Å². The van der Waals surface area contributed by atoms with Gasteiger partial charge < -0.3 is 5.32 Å². The van der Waals surface area contributed by atoms with Gasteiger partial charge in [0, 0.05) is 16.3 Å². The Morgan fingerprint density at radius 1 is 1.21 bits per heavy atom. The minimum Gasteiger partial charge on any atom is -0.379 e. The first-order chi connectivity index (χ1) is 13.9. The molecule has 1 N–H and O–H groups in total. The van der Waals surface area contributed by atoms with Gasteiger partial charge in [0.05, 0.1) is 10.6 Å². The molecule has 1 unspecified atom stereocenters. The lowest BCUT2D eigenvalue weighted by molar-refractivity contribution is 0.699. The maximum Gasteiger partial charge on any atom is 0.0537 e. The average Bonchev–Trinajstić information content (AvgIpc) is 3.04. The Morgan fingerprint density at radius 2 is 1.93 bits per heavy atom. The zero-order valence-corrected chi connectivity index (χ0v) is 21.3. The molecular formula is C26H41NS2. The summed E-state index contributed by atoms with van der Waals surface area (Å²) in [6, 6.07) is 0. The van der Waals surface area contributed by atoms with Crippen LogP contribution in [0.5, 0.6) is 0 Å². The van der Waals surface area contributed by atoms with Crippen LogP contribution in [0.25, 0.3) is 5.70 Å². The molecule has 0 spiro atoms. The number of allylic oxidation sites excluding steroid dienone is 4. The SMILES string of the molecule is C=C(CN/C(=C/C(C)=C/CCC)c1sc(CC)c(CC)c1C)S/C=C\C(C)CC. The van der Waals surface area contributed by atoms with Gasteiger partial charge >= 0.3 is 0 Å². The predicted octanol–water partition coefficient (Wildman–Crippen LogP) is 8.66. The molecule has 1 aromatic heterocycles. The quantitative estimate of drug-likeness (QED) is 0.313. The molecule has 0 aliphatic carbocycles. The van der Waals surface area contributed by atoms with Gasteiger partial charge in [0.2, 0.25) is 0 Å². The van der Waals surface area contributed by atoms with Crippen molar-refractivity contribution in [3.63, 3.8) is 0 Å². The van der Waals surface area contributed by atoms with Gasteiger partial charge in [-0.2, -0.15) is 0 Å². The molecule has 0 radical (unpaired) electrons. The highest BCUT2D eigenvalue weighted by atomic mass is 32.2. The first-order valence-corrected chi connectivity index (χ1v) is 12.8. The Bertz CT molecular complexity index is 734. The molecule has 1 rings (SSSR count). The second-order valence-electron chi connectivity index (χ2n) is 7.68. The smallest absolute Gasteiger partial charge is 0.0537 e. The number of thiophene rings is 1. The Kier molecular flexibility index (Phi) is 12.4. The van der Waals surface area contributed by atoms with Crippen LogP contribution in [-0.2, 0) is 12.8 Å². The summed E-state index contributed by atoms with van der Waals surface area (Å²) in [6.45, 7) is 20.8. The second kappa shape index (κ2) is 13.9. The fraction of sp³-hybridized carbons (Fsp3) is 0.538. The highest BCUT2D eigenvalue weighted by Crippen LogP contribution is 2.34. The molecule has 0 aromatic carbocycles. The monoisotopic (exact) mass is 431 g/mol. The third kappa shape index (κ3) is 8.60. The molecule has 0 bridgehead atoms. The predicted molar refractivity (Wildman–Crippen MR) is 138 cm³/mol. The number of unbranched alkanes of at least 4 members (excludes halogenated alkanes) is 1. The van der Waals surface area contributed by atoms with Crippen LogP contribution in [0.4, 0.5) is 0 Å². The van der Waals surface area contributed by atoms with Crippen LogP contribution in [0.3, 0.4) is 0 Å². The van der Waals surface area contributed by atoms with Crippen molar-refractivity contribution in [1.82, 2.24) is 5.32 Å². The van der Waals surface area contributed by atoms with Crippen LogP contribution in [0.1, 0.15) is 81.7 Å². The van der Waals surface area contributed by atoms with E-state index in [4.69, 9.17) is 0 Å². The highest BCUT2D eigenvalue weighted by Gasteiger charge is 2.16.